The Morgan fingerprint density at radius 3 is 2.46 bits per heavy atom. The molecule has 0 atom stereocenters. The van der Waals surface area contributed by atoms with Crippen LogP contribution in [-0.4, -0.2) is 31.1 Å². The van der Waals surface area contributed by atoms with Gasteiger partial charge in [-0.25, -0.2) is 4.98 Å². The molecule has 194 valence electrons. The third kappa shape index (κ3) is 7.26. The number of nitrogens with zero attached hydrogens (tertiary/aromatic N) is 3. The number of halogens is 3. The van der Waals surface area contributed by atoms with Crippen molar-refractivity contribution in [2.24, 2.45) is 16.5 Å². The molecule has 0 spiro atoms. The maximum Gasteiger partial charge on any atom is 0.416 e. The molecule has 0 aliphatic heterocycles. The standard InChI is InChI=1S/C26H26F3N5O2S/c1-34(16-17-6-8-19(9-7-17)35-13-3-12-32-24(30)31)25-33-22-11-10-21(15-23(22)37-25)36-20-5-2-4-18(14-20)26(27,28)29/h2,4-11,14-15H,3,12-13,16H2,1H3,(H4,30,31,32). The van der Waals surface area contributed by atoms with Gasteiger partial charge < -0.3 is 25.8 Å². The number of alkyl halides is 3. The first-order valence-corrected chi connectivity index (χ1v) is 12.2. The molecule has 1 aromatic heterocycles. The van der Waals surface area contributed by atoms with Crippen LogP contribution in [0.15, 0.2) is 71.7 Å². The molecule has 0 bridgehead atoms. The highest BCUT2D eigenvalue weighted by molar-refractivity contribution is 7.22. The number of anilines is 1. The maximum atomic E-state index is 13.0. The molecule has 7 nitrogen and oxygen atoms in total. The summed E-state index contributed by atoms with van der Waals surface area (Å²) in [5.41, 5.74) is 11.7. The number of guanidine groups is 1. The quantitative estimate of drug-likeness (QED) is 0.153. The van der Waals surface area contributed by atoms with Crippen molar-refractivity contribution in [3.63, 3.8) is 0 Å². The summed E-state index contributed by atoms with van der Waals surface area (Å²) in [7, 11) is 1.95. The van der Waals surface area contributed by atoms with Crippen molar-refractivity contribution in [3.8, 4) is 17.2 Å². The van der Waals surface area contributed by atoms with Crippen molar-refractivity contribution in [2.75, 3.05) is 25.1 Å². The van der Waals surface area contributed by atoms with Crippen LogP contribution >= 0.6 is 11.3 Å². The molecule has 0 radical (unpaired) electrons. The minimum atomic E-state index is -4.43. The normalized spacial score (nSPS) is 11.4. The predicted octanol–water partition coefficient (Wildman–Crippen LogP) is 5.79. The number of fused-ring (bicyclic) bond motifs is 1. The summed E-state index contributed by atoms with van der Waals surface area (Å²) >= 11 is 1.48. The smallest absolute Gasteiger partial charge is 0.416 e. The molecule has 0 amide bonds. The second kappa shape index (κ2) is 11.4. The Hall–Kier alpha value is -3.99. The van der Waals surface area contributed by atoms with E-state index < -0.39 is 11.7 Å². The number of hydrogen-bond acceptors (Lipinski definition) is 6. The van der Waals surface area contributed by atoms with Gasteiger partial charge in [-0.2, -0.15) is 13.2 Å². The second-order valence-electron chi connectivity index (χ2n) is 8.26. The molecule has 11 heteroatoms. The fourth-order valence-electron chi connectivity index (χ4n) is 3.49. The summed E-state index contributed by atoms with van der Waals surface area (Å²) in [5, 5.41) is 0.811. The molecule has 0 saturated heterocycles. The molecule has 3 aromatic carbocycles. The number of hydrogen-bond donors (Lipinski definition) is 2. The van der Waals surface area contributed by atoms with Gasteiger partial charge in [-0.3, -0.25) is 4.99 Å². The van der Waals surface area contributed by atoms with Gasteiger partial charge >= 0.3 is 6.18 Å². The number of thiazole rings is 1. The van der Waals surface area contributed by atoms with Crippen molar-refractivity contribution in [1.82, 2.24) is 4.98 Å². The highest BCUT2D eigenvalue weighted by Crippen LogP contribution is 2.35. The van der Waals surface area contributed by atoms with E-state index in [0.717, 1.165) is 38.8 Å². The first-order valence-electron chi connectivity index (χ1n) is 11.4. The topological polar surface area (TPSA) is 99.0 Å². The minimum Gasteiger partial charge on any atom is -0.494 e. The van der Waals surface area contributed by atoms with E-state index in [4.69, 9.17) is 20.9 Å². The Morgan fingerprint density at radius 2 is 1.73 bits per heavy atom. The van der Waals surface area contributed by atoms with Gasteiger partial charge in [0.1, 0.15) is 17.2 Å². The van der Waals surface area contributed by atoms with Crippen LogP contribution in [0.1, 0.15) is 17.5 Å². The Bertz CT molecular complexity index is 1370. The van der Waals surface area contributed by atoms with Crippen LogP contribution in [0, 0.1) is 0 Å². The lowest BCUT2D eigenvalue weighted by Crippen LogP contribution is -2.23. The van der Waals surface area contributed by atoms with Crippen LogP contribution in [-0.2, 0) is 12.7 Å². The van der Waals surface area contributed by atoms with Gasteiger partial charge in [-0.1, -0.05) is 29.5 Å². The van der Waals surface area contributed by atoms with E-state index >= 15 is 0 Å². The summed E-state index contributed by atoms with van der Waals surface area (Å²) in [4.78, 5) is 10.6. The van der Waals surface area contributed by atoms with Gasteiger partial charge in [0.05, 0.1) is 22.4 Å². The summed E-state index contributed by atoms with van der Waals surface area (Å²) in [5.74, 6) is 1.41. The number of aliphatic imine (C=N–C) groups is 1. The van der Waals surface area contributed by atoms with E-state index in [2.05, 4.69) is 9.98 Å². The van der Waals surface area contributed by atoms with E-state index in [1.807, 2.05) is 36.2 Å². The average Bonchev–Trinajstić information content (AvgIpc) is 3.28. The van der Waals surface area contributed by atoms with Crippen LogP contribution in [0.5, 0.6) is 17.2 Å². The van der Waals surface area contributed by atoms with Crippen LogP contribution in [0.4, 0.5) is 18.3 Å². The van der Waals surface area contributed by atoms with Crippen molar-refractivity contribution in [2.45, 2.75) is 19.1 Å². The SMILES string of the molecule is CN(Cc1ccc(OCCCN=C(N)N)cc1)c1nc2ccc(Oc3cccc(C(F)(F)F)c3)cc2s1. The predicted molar refractivity (Wildman–Crippen MR) is 140 cm³/mol. The summed E-state index contributed by atoms with van der Waals surface area (Å²) < 4.78 is 51.2. The molecule has 0 saturated carbocycles. The largest absolute Gasteiger partial charge is 0.494 e. The van der Waals surface area contributed by atoms with Gasteiger partial charge in [-0.05, 0) is 48.0 Å². The van der Waals surface area contributed by atoms with E-state index in [1.165, 1.54) is 23.5 Å². The molecular formula is C26H26F3N5O2S. The Labute approximate surface area is 216 Å². The number of aromatic nitrogens is 1. The lowest BCUT2D eigenvalue weighted by molar-refractivity contribution is -0.137. The number of ether oxygens (including phenoxy) is 2. The molecule has 0 fully saturated rings. The molecular weight excluding hydrogens is 503 g/mol. The Kier molecular flexibility index (Phi) is 8.02. The van der Waals surface area contributed by atoms with Gasteiger partial charge in [0.15, 0.2) is 11.1 Å². The average molecular weight is 530 g/mol. The molecule has 4 N–H and O–H groups in total. The van der Waals surface area contributed by atoms with Gasteiger partial charge in [0, 0.05) is 32.6 Å². The molecule has 0 aliphatic carbocycles. The molecule has 1 heterocycles. The molecule has 4 aromatic rings. The fourth-order valence-corrected chi connectivity index (χ4v) is 4.44. The molecule has 4 rings (SSSR count). The number of rotatable bonds is 10. The van der Waals surface area contributed by atoms with E-state index in [1.54, 1.807) is 18.2 Å². The molecule has 37 heavy (non-hydrogen) atoms. The first-order chi connectivity index (χ1) is 17.7. The zero-order chi connectivity index (χ0) is 26.4. The molecule has 0 unspecified atom stereocenters. The van der Waals surface area contributed by atoms with E-state index in [0.29, 0.717) is 31.9 Å². The van der Waals surface area contributed by atoms with Crippen LogP contribution in [0.25, 0.3) is 10.2 Å². The second-order valence-corrected chi connectivity index (χ2v) is 9.27. The lowest BCUT2D eigenvalue weighted by atomic mass is 10.2. The summed E-state index contributed by atoms with van der Waals surface area (Å²) in [6, 6.07) is 17.9. The summed E-state index contributed by atoms with van der Waals surface area (Å²) in [6.07, 6.45) is -3.71. The summed E-state index contributed by atoms with van der Waals surface area (Å²) in [6.45, 7) is 1.67. The highest BCUT2D eigenvalue weighted by Gasteiger charge is 2.30. The lowest BCUT2D eigenvalue weighted by Gasteiger charge is -2.16. The fraction of sp³-hybridized carbons (Fsp3) is 0.231. The van der Waals surface area contributed by atoms with Crippen molar-refractivity contribution in [1.29, 1.82) is 0 Å². The van der Waals surface area contributed by atoms with Crippen LogP contribution in [0.2, 0.25) is 0 Å². The van der Waals surface area contributed by atoms with Gasteiger partial charge in [0.25, 0.3) is 0 Å². The first kappa shape index (κ1) is 26.1. The molecule has 0 aliphatic rings. The monoisotopic (exact) mass is 529 g/mol. The van der Waals surface area contributed by atoms with Crippen LogP contribution < -0.4 is 25.8 Å². The number of nitrogens with two attached hydrogens (primary N) is 2. The third-order valence-electron chi connectivity index (χ3n) is 5.28. The van der Waals surface area contributed by atoms with Gasteiger partial charge in [0.2, 0.25) is 0 Å². The Morgan fingerprint density at radius 1 is 1.00 bits per heavy atom. The van der Waals surface area contributed by atoms with E-state index in [-0.39, 0.29) is 11.7 Å². The zero-order valence-electron chi connectivity index (χ0n) is 20.0. The zero-order valence-corrected chi connectivity index (χ0v) is 20.9. The van der Waals surface area contributed by atoms with Gasteiger partial charge in [-0.15, -0.1) is 0 Å². The maximum absolute atomic E-state index is 13.0. The van der Waals surface area contributed by atoms with Crippen molar-refractivity contribution >= 4 is 32.6 Å². The minimum absolute atomic E-state index is 0.0745. The third-order valence-corrected chi connectivity index (χ3v) is 6.41. The van der Waals surface area contributed by atoms with Crippen LogP contribution in [0.3, 0.4) is 0 Å². The van der Waals surface area contributed by atoms with Crippen molar-refractivity contribution < 1.29 is 22.6 Å². The number of benzene rings is 3. The van der Waals surface area contributed by atoms with Crippen molar-refractivity contribution in [3.05, 3.63) is 77.9 Å². The highest BCUT2D eigenvalue weighted by atomic mass is 32.1. The Balaban J connectivity index is 1.36. The van der Waals surface area contributed by atoms with E-state index in [9.17, 15) is 13.2 Å².